The van der Waals surface area contributed by atoms with Crippen LogP contribution in [0.5, 0.6) is 0 Å². The summed E-state index contributed by atoms with van der Waals surface area (Å²) in [5.74, 6) is 0.474. The van der Waals surface area contributed by atoms with Gasteiger partial charge >= 0.3 is 0 Å². The van der Waals surface area contributed by atoms with Crippen LogP contribution in [0.25, 0.3) is 0 Å². The molecule has 0 aromatic heterocycles. The lowest BCUT2D eigenvalue weighted by atomic mass is 10.1. The van der Waals surface area contributed by atoms with E-state index in [1.54, 1.807) is 6.07 Å². The van der Waals surface area contributed by atoms with Crippen molar-refractivity contribution < 1.29 is 14.3 Å². The van der Waals surface area contributed by atoms with Crippen LogP contribution in [0.1, 0.15) is 55.5 Å². The Labute approximate surface area is 144 Å². The third-order valence-corrected chi connectivity index (χ3v) is 4.14. The normalized spacial score (nSPS) is 17.0. The second-order valence-electron chi connectivity index (χ2n) is 6.75. The first-order valence-corrected chi connectivity index (χ1v) is 8.80. The van der Waals surface area contributed by atoms with Gasteiger partial charge in [0.05, 0.1) is 6.10 Å². The molecule has 1 heterocycles. The van der Waals surface area contributed by atoms with Gasteiger partial charge in [-0.1, -0.05) is 26.0 Å². The van der Waals surface area contributed by atoms with E-state index < -0.39 is 0 Å². The highest BCUT2D eigenvalue weighted by molar-refractivity contribution is 5.94. The lowest BCUT2D eigenvalue weighted by molar-refractivity contribution is -0.121. The zero-order chi connectivity index (χ0) is 17.4. The number of nitrogens with one attached hydrogen (secondary N) is 2. The highest BCUT2D eigenvalue weighted by Gasteiger charge is 2.16. The summed E-state index contributed by atoms with van der Waals surface area (Å²) in [4.78, 5) is 24.0. The van der Waals surface area contributed by atoms with E-state index in [0.717, 1.165) is 31.4 Å². The zero-order valence-electron chi connectivity index (χ0n) is 14.6. The molecule has 5 heteroatoms. The average molecular weight is 332 g/mol. The first-order valence-electron chi connectivity index (χ1n) is 8.80. The molecule has 1 saturated heterocycles. The van der Waals surface area contributed by atoms with Crippen LogP contribution in [-0.2, 0) is 16.1 Å². The van der Waals surface area contributed by atoms with Gasteiger partial charge in [0.25, 0.3) is 5.91 Å². The van der Waals surface area contributed by atoms with Crippen molar-refractivity contribution in [2.75, 3.05) is 13.2 Å². The van der Waals surface area contributed by atoms with Gasteiger partial charge in [-0.2, -0.15) is 0 Å². The average Bonchev–Trinajstić information content (AvgIpc) is 3.09. The molecule has 1 fully saturated rings. The SMILES string of the molecule is CC(C)CCC(=O)NCc1cccc(C(=O)NCC2CCCO2)c1. The number of amides is 2. The molecule has 2 N–H and O–H groups in total. The topological polar surface area (TPSA) is 67.4 Å². The maximum absolute atomic E-state index is 12.2. The highest BCUT2D eigenvalue weighted by atomic mass is 16.5. The van der Waals surface area contributed by atoms with E-state index in [4.69, 9.17) is 4.74 Å². The summed E-state index contributed by atoms with van der Waals surface area (Å²) in [7, 11) is 0. The molecule has 0 bridgehead atoms. The molecule has 132 valence electrons. The van der Waals surface area contributed by atoms with Crippen molar-refractivity contribution in [1.82, 2.24) is 10.6 Å². The lowest BCUT2D eigenvalue weighted by Crippen LogP contribution is -2.31. The van der Waals surface area contributed by atoms with Crippen molar-refractivity contribution in [3.05, 3.63) is 35.4 Å². The summed E-state index contributed by atoms with van der Waals surface area (Å²) in [5.41, 5.74) is 1.54. The predicted molar refractivity (Wildman–Crippen MR) is 93.7 cm³/mol. The predicted octanol–water partition coefficient (Wildman–Crippen LogP) is 2.65. The van der Waals surface area contributed by atoms with Crippen molar-refractivity contribution in [3.8, 4) is 0 Å². The van der Waals surface area contributed by atoms with Gasteiger partial charge in [0.15, 0.2) is 0 Å². The number of carbonyl (C=O) groups excluding carboxylic acids is 2. The molecule has 5 nitrogen and oxygen atoms in total. The molecule has 2 amide bonds. The Hall–Kier alpha value is -1.88. The van der Waals surface area contributed by atoms with Crippen molar-refractivity contribution >= 4 is 11.8 Å². The van der Waals surface area contributed by atoms with Gasteiger partial charge in [-0.25, -0.2) is 0 Å². The van der Waals surface area contributed by atoms with E-state index >= 15 is 0 Å². The van der Waals surface area contributed by atoms with Crippen molar-refractivity contribution in [3.63, 3.8) is 0 Å². The Balaban J connectivity index is 1.79. The fourth-order valence-corrected chi connectivity index (χ4v) is 2.65. The molecule has 2 rings (SSSR count). The third kappa shape index (κ3) is 6.32. The van der Waals surface area contributed by atoms with E-state index in [2.05, 4.69) is 24.5 Å². The number of ether oxygens (including phenoxy) is 1. The van der Waals surface area contributed by atoms with Gasteiger partial charge in [-0.3, -0.25) is 9.59 Å². The smallest absolute Gasteiger partial charge is 0.251 e. The largest absolute Gasteiger partial charge is 0.376 e. The van der Waals surface area contributed by atoms with Gasteiger partial charge in [0, 0.05) is 31.7 Å². The van der Waals surface area contributed by atoms with Gasteiger partial charge in [0.2, 0.25) is 5.91 Å². The van der Waals surface area contributed by atoms with Crippen LogP contribution >= 0.6 is 0 Å². The molecule has 0 spiro atoms. The first kappa shape index (κ1) is 18.5. The molecular formula is C19H28N2O3. The van der Waals surface area contributed by atoms with Crippen LogP contribution in [0, 0.1) is 5.92 Å². The van der Waals surface area contributed by atoms with Crippen molar-refractivity contribution in [2.45, 2.75) is 52.2 Å². The molecule has 24 heavy (non-hydrogen) atoms. The molecule has 1 aromatic rings. The van der Waals surface area contributed by atoms with Gasteiger partial charge in [-0.05, 0) is 42.9 Å². The maximum atomic E-state index is 12.2. The van der Waals surface area contributed by atoms with Crippen LogP contribution in [0.3, 0.4) is 0 Å². The van der Waals surface area contributed by atoms with E-state index in [-0.39, 0.29) is 17.9 Å². The van der Waals surface area contributed by atoms with E-state index in [1.165, 1.54) is 0 Å². The Morgan fingerprint density at radius 3 is 2.83 bits per heavy atom. The molecule has 0 radical (unpaired) electrons. The quantitative estimate of drug-likeness (QED) is 0.769. The second kappa shape index (κ2) is 9.42. The number of carbonyl (C=O) groups is 2. The Morgan fingerprint density at radius 2 is 2.12 bits per heavy atom. The third-order valence-electron chi connectivity index (χ3n) is 4.14. The monoisotopic (exact) mass is 332 g/mol. The summed E-state index contributed by atoms with van der Waals surface area (Å²) < 4.78 is 5.51. The van der Waals surface area contributed by atoms with Crippen LogP contribution in [0.15, 0.2) is 24.3 Å². The molecule has 1 aliphatic rings. The maximum Gasteiger partial charge on any atom is 0.251 e. The summed E-state index contributed by atoms with van der Waals surface area (Å²) >= 11 is 0. The van der Waals surface area contributed by atoms with Crippen LogP contribution < -0.4 is 10.6 Å². The Kier molecular flexibility index (Phi) is 7.25. The van der Waals surface area contributed by atoms with E-state index in [0.29, 0.717) is 31.0 Å². The minimum atomic E-state index is -0.0986. The zero-order valence-corrected chi connectivity index (χ0v) is 14.6. The molecule has 1 aromatic carbocycles. The van der Waals surface area contributed by atoms with Crippen molar-refractivity contribution in [2.24, 2.45) is 5.92 Å². The summed E-state index contributed by atoms with van der Waals surface area (Å²) in [6.07, 6.45) is 3.63. The molecule has 1 atom stereocenters. The number of benzene rings is 1. The van der Waals surface area contributed by atoms with E-state index in [9.17, 15) is 9.59 Å². The second-order valence-corrected chi connectivity index (χ2v) is 6.75. The number of hydrogen-bond acceptors (Lipinski definition) is 3. The Bertz CT molecular complexity index is 551. The van der Waals surface area contributed by atoms with Crippen LogP contribution in [0.4, 0.5) is 0 Å². The Morgan fingerprint density at radius 1 is 1.29 bits per heavy atom. The highest BCUT2D eigenvalue weighted by Crippen LogP contribution is 2.11. The minimum Gasteiger partial charge on any atom is -0.376 e. The number of rotatable bonds is 8. The van der Waals surface area contributed by atoms with Crippen LogP contribution in [-0.4, -0.2) is 31.1 Å². The molecule has 0 aliphatic carbocycles. The van der Waals surface area contributed by atoms with Crippen LogP contribution in [0.2, 0.25) is 0 Å². The fraction of sp³-hybridized carbons (Fsp3) is 0.579. The standard InChI is InChI=1S/C19H28N2O3/c1-14(2)8-9-18(22)20-12-15-5-3-6-16(11-15)19(23)21-13-17-7-4-10-24-17/h3,5-6,11,14,17H,4,7-10,12-13H2,1-2H3,(H,20,22)(H,21,23). The number of hydrogen-bond donors (Lipinski definition) is 2. The summed E-state index contributed by atoms with van der Waals surface area (Å²) in [6, 6.07) is 7.37. The van der Waals surface area contributed by atoms with Crippen molar-refractivity contribution in [1.29, 1.82) is 0 Å². The first-order chi connectivity index (χ1) is 11.5. The van der Waals surface area contributed by atoms with Gasteiger partial charge in [0.1, 0.15) is 0 Å². The van der Waals surface area contributed by atoms with Gasteiger partial charge in [-0.15, -0.1) is 0 Å². The van der Waals surface area contributed by atoms with Gasteiger partial charge < -0.3 is 15.4 Å². The minimum absolute atomic E-state index is 0.0527. The molecule has 1 aliphatic heterocycles. The fourth-order valence-electron chi connectivity index (χ4n) is 2.65. The molecule has 0 saturated carbocycles. The van der Waals surface area contributed by atoms with E-state index in [1.807, 2.05) is 18.2 Å². The lowest BCUT2D eigenvalue weighted by Gasteiger charge is -2.11. The molecule has 1 unspecified atom stereocenters. The summed E-state index contributed by atoms with van der Waals surface area (Å²) in [6.45, 7) is 5.99. The summed E-state index contributed by atoms with van der Waals surface area (Å²) in [5, 5.41) is 5.82. The molecular weight excluding hydrogens is 304 g/mol.